The van der Waals surface area contributed by atoms with E-state index >= 15 is 0 Å². The molecule has 0 unspecified atom stereocenters. The average molecular weight is 846 g/mol. The van der Waals surface area contributed by atoms with E-state index in [-0.39, 0.29) is 5.41 Å². The normalized spacial score (nSPS) is 13.2. The van der Waals surface area contributed by atoms with Gasteiger partial charge in [-0.05, 0) is 93.9 Å². The second-order valence-electron chi connectivity index (χ2n) is 17.2. The summed E-state index contributed by atoms with van der Waals surface area (Å²) in [7, 11) is 0. The highest BCUT2D eigenvalue weighted by Gasteiger charge is 2.38. The van der Waals surface area contributed by atoms with E-state index < -0.39 is 0 Å². The van der Waals surface area contributed by atoms with Crippen molar-refractivity contribution < 1.29 is 0 Å². The van der Waals surface area contributed by atoms with Crippen LogP contribution in [-0.2, 0) is 5.41 Å². The smallest absolute Gasteiger partial charge is 0.0640 e. The van der Waals surface area contributed by atoms with Crippen molar-refractivity contribution in [1.82, 2.24) is 0 Å². The Morgan fingerprint density at radius 1 is 0.387 bits per heavy atom. The highest BCUT2D eigenvalue weighted by atomic mass is 32.1. The van der Waals surface area contributed by atoms with Crippen LogP contribution in [0.25, 0.3) is 93.9 Å². The first kappa shape index (κ1) is 36.1. The van der Waals surface area contributed by atoms with Gasteiger partial charge >= 0.3 is 0 Å². The Hall–Kier alpha value is -6.56. The first-order valence-corrected chi connectivity index (χ1v) is 23.8. The van der Waals surface area contributed by atoms with E-state index in [0.29, 0.717) is 0 Å². The van der Waals surface area contributed by atoms with Crippen LogP contribution in [0.15, 0.2) is 182 Å². The highest BCUT2D eigenvalue weighted by molar-refractivity contribution is 7.27. The van der Waals surface area contributed by atoms with Gasteiger partial charge in [-0.15, -0.1) is 34.0 Å². The molecule has 0 radical (unpaired) electrons. The summed E-state index contributed by atoms with van der Waals surface area (Å²) in [6, 6.07) is 68.1. The van der Waals surface area contributed by atoms with Crippen molar-refractivity contribution >= 4 is 112 Å². The minimum Gasteiger partial charge on any atom is -0.309 e. The number of nitrogens with zero attached hydrogens (tertiary/aromatic N) is 1. The van der Waals surface area contributed by atoms with Gasteiger partial charge in [0.1, 0.15) is 0 Å². The lowest BCUT2D eigenvalue weighted by molar-refractivity contribution is 0.656. The summed E-state index contributed by atoms with van der Waals surface area (Å²) in [5, 5.41) is 7.93. The Bertz CT molecular complexity index is 3630. The average Bonchev–Trinajstić information content (AvgIpc) is 4.06. The summed E-state index contributed by atoms with van der Waals surface area (Å²) in [5.41, 5.74) is 15.4. The van der Waals surface area contributed by atoms with E-state index in [1.807, 2.05) is 34.0 Å². The van der Waals surface area contributed by atoms with Crippen molar-refractivity contribution in [3.05, 3.63) is 199 Å². The van der Waals surface area contributed by atoms with E-state index in [0.717, 1.165) is 11.4 Å². The number of hydrogen-bond acceptors (Lipinski definition) is 4. The van der Waals surface area contributed by atoms with E-state index in [1.54, 1.807) is 0 Å². The lowest BCUT2D eigenvalue weighted by Crippen LogP contribution is -2.16. The molecule has 1 aliphatic rings. The predicted octanol–water partition coefficient (Wildman–Crippen LogP) is 18.2. The van der Waals surface area contributed by atoms with Crippen molar-refractivity contribution in [2.45, 2.75) is 26.2 Å². The molecule has 12 aromatic rings. The maximum atomic E-state index is 2.48. The molecule has 0 bridgehead atoms. The fourth-order valence-corrected chi connectivity index (χ4v) is 14.5. The highest BCUT2D eigenvalue weighted by Crippen LogP contribution is 2.56. The zero-order valence-electron chi connectivity index (χ0n) is 34.5. The monoisotopic (exact) mass is 845 g/mol. The molecule has 0 spiro atoms. The molecule has 1 aliphatic carbocycles. The van der Waals surface area contributed by atoms with Crippen LogP contribution < -0.4 is 4.90 Å². The Kier molecular flexibility index (Phi) is 7.85. The Morgan fingerprint density at radius 2 is 0.871 bits per heavy atom. The first-order valence-electron chi connectivity index (χ1n) is 21.3. The summed E-state index contributed by atoms with van der Waals surface area (Å²) >= 11 is 5.73. The molecule has 294 valence electrons. The number of benzene rings is 9. The van der Waals surface area contributed by atoms with Crippen LogP contribution in [0.5, 0.6) is 0 Å². The van der Waals surface area contributed by atoms with E-state index in [2.05, 4.69) is 208 Å². The van der Waals surface area contributed by atoms with Gasteiger partial charge in [0.2, 0.25) is 0 Å². The molecule has 0 aliphatic heterocycles. The van der Waals surface area contributed by atoms with E-state index in [4.69, 9.17) is 0 Å². The van der Waals surface area contributed by atoms with Gasteiger partial charge in [-0.1, -0.05) is 153 Å². The number of aryl methyl sites for hydroxylation is 1. The van der Waals surface area contributed by atoms with Gasteiger partial charge in [-0.3, -0.25) is 0 Å². The fraction of sp³-hybridized carbons (Fsp3) is 0.0690. The maximum Gasteiger partial charge on any atom is 0.0640 e. The van der Waals surface area contributed by atoms with Gasteiger partial charge in [-0.25, -0.2) is 0 Å². The van der Waals surface area contributed by atoms with Crippen molar-refractivity contribution in [3.63, 3.8) is 0 Å². The van der Waals surface area contributed by atoms with Crippen LogP contribution in [0.4, 0.5) is 17.1 Å². The molecular weight excluding hydrogens is 807 g/mol. The molecule has 0 saturated carbocycles. The van der Waals surface area contributed by atoms with Crippen molar-refractivity contribution in [2.24, 2.45) is 0 Å². The second-order valence-corrected chi connectivity index (χ2v) is 20.4. The van der Waals surface area contributed by atoms with Crippen molar-refractivity contribution in [2.75, 3.05) is 4.90 Å². The number of thiophene rings is 3. The van der Waals surface area contributed by atoms with Crippen molar-refractivity contribution in [1.29, 1.82) is 0 Å². The summed E-state index contributed by atoms with van der Waals surface area (Å²) in [4.78, 5) is 2.48. The Labute approximate surface area is 372 Å². The summed E-state index contributed by atoms with van der Waals surface area (Å²) in [6.45, 7) is 7.06. The maximum absolute atomic E-state index is 2.48. The van der Waals surface area contributed by atoms with Crippen LogP contribution in [-0.4, -0.2) is 0 Å². The molecule has 3 aromatic heterocycles. The molecule has 4 heteroatoms. The second kappa shape index (κ2) is 13.5. The summed E-state index contributed by atoms with van der Waals surface area (Å²) in [5.74, 6) is 0. The SMILES string of the molecule is Cc1cccc2c1C(C)(C)c1ccc3c(sc4c(N(c5ccc(-c6cccc7c6sc6ccccc67)cc5)c5ccc(-c6cccc7c6sc6ccccc67)cc5)cccc43)c1-2. The number of fused-ring (bicyclic) bond motifs is 13. The zero-order chi connectivity index (χ0) is 41.3. The molecule has 0 amide bonds. The van der Waals surface area contributed by atoms with Gasteiger partial charge in [0.05, 0.1) is 10.4 Å². The van der Waals surface area contributed by atoms with E-state index in [1.165, 1.54) is 116 Å². The van der Waals surface area contributed by atoms with Crippen molar-refractivity contribution in [3.8, 4) is 33.4 Å². The summed E-state index contributed by atoms with van der Waals surface area (Å²) < 4.78 is 8.01. The molecule has 1 nitrogen and oxygen atoms in total. The molecular formula is C58H39NS3. The van der Waals surface area contributed by atoms with Gasteiger partial charge in [-0.2, -0.15) is 0 Å². The lowest BCUT2D eigenvalue weighted by atomic mass is 9.80. The minimum atomic E-state index is -0.0565. The predicted molar refractivity (Wildman–Crippen MR) is 273 cm³/mol. The van der Waals surface area contributed by atoms with Crippen LogP contribution in [0, 0.1) is 6.92 Å². The Morgan fingerprint density at radius 3 is 1.47 bits per heavy atom. The third-order valence-corrected chi connectivity index (χ3v) is 17.1. The minimum absolute atomic E-state index is 0.0565. The molecule has 13 rings (SSSR count). The topological polar surface area (TPSA) is 3.24 Å². The summed E-state index contributed by atoms with van der Waals surface area (Å²) in [6.07, 6.45) is 0. The van der Waals surface area contributed by atoms with Gasteiger partial charge in [0, 0.05) is 78.2 Å². The molecule has 0 atom stereocenters. The van der Waals surface area contributed by atoms with Gasteiger partial charge < -0.3 is 4.90 Å². The van der Waals surface area contributed by atoms with Gasteiger partial charge in [0.15, 0.2) is 0 Å². The molecule has 0 fully saturated rings. The van der Waals surface area contributed by atoms with Crippen LogP contribution >= 0.6 is 34.0 Å². The number of anilines is 3. The van der Waals surface area contributed by atoms with Gasteiger partial charge in [0.25, 0.3) is 0 Å². The fourth-order valence-electron chi connectivity index (χ4n) is 10.6. The molecule has 0 N–H and O–H groups in total. The number of rotatable bonds is 5. The van der Waals surface area contributed by atoms with Crippen LogP contribution in [0.1, 0.15) is 30.5 Å². The molecule has 9 aromatic carbocycles. The Balaban J connectivity index is 0.992. The zero-order valence-corrected chi connectivity index (χ0v) is 36.9. The largest absolute Gasteiger partial charge is 0.309 e. The number of hydrogen-bond donors (Lipinski definition) is 0. The molecule has 3 heterocycles. The quantitative estimate of drug-likeness (QED) is 0.167. The molecule has 62 heavy (non-hydrogen) atoms. The third kappa shape index (κ3) is 5.18. The van der Waals surface area contributed by atoms with Crippen LogP contribution in [0.2, 0.25) is 0 Å². The third-order valence-electron chi connectivity index (χ3n) is 13.4. The van der Waals surface area contributed by atoms with Crippen LogP contribution in [0.3, 0.4) is 0 Å². The van der Waals surface area contributed by atoms with E-state index in [9.17, 15) is 0 Å². The standard InChI is InChI=1S/C58H39NS3/c1-34-12-8-20-47-52-48(58(2,3)53(34)47)33-32-46-45-19-11-21-49(56(45)62-57(46)52)59(37-28-24-35(25-29-37)39-15-9-17-43-41-13-4-6-22-50(41)60-54(39)43)38-30-26-36(27-31-38)40-16-10-18-44-42-14-5-7-23-51(42)61-55(40)44/h4-33H,1-3H3. The molecule has 0 saturated heterocycles. The first-order chi connectivity index (χ1) is 30.4. The lowest BCUT2D eigenvalue weighted by Gasteiger charge is -2.26.